The molecule has 0 radical (unpaired) electrons. The molecule has 122 valence electrons. The first-order valence-electron chi connectivity index (χ1n) is 8.63. The Morgan fingerprint density at radius 2 is 1.96 bits per heavy atom. The molecular formula is C18H25N5. The molecule has 5 nitrogen and oxygen atoms in total. The summed E-state index contributed by atoms with van der Waals surface area (Å²) in [7, 11) is 0. The molecule has 5 heteroatoms. The van der Waals surface area contributed by atoms with Gasteiger partial charge in [0.25, 0.3) is 0 Å². The maximum absolute atomic E-state index is 4.68. The van der Waals surface area contributed by atoms with Crippen molar-refractivity contribution >= 4 is 0 Å². The van der Waals surface area contributed by atoms with Gasteiger partial charge in [-0.05, 0) is 63.4 Å². The molecule has 0 saturated carbocycles. The second-order valence-corrected chi connectivity index (χ2v) is 7.10. The highest BCUT2D eigenvalue weighted by molar-refractivity contribution is 5.30. The number of piperidine rings is 1. The predicted molar refractivity (Wildman–Crippen MR) is 90.5 cm³/mol. The molecule has 0 aliphatic carbocycles. The molecule has 0 atom stereocenters. The van der Waals surface area contributed by atoms with Crippen LogP contribution < -0.4 is 5.32 Å². The Labute approximate surface area is 137 Å². The number of aryl methyl sites for hydroxylation is 1. The molecule has 1 spiro atoms. The SMILES string of the molecule is Cc1nn(-c2ccncc2)cc1CN1CCC2(CCNCC2)C1. The lowest BCUT2D eigenvalue weighted by atomic mass is 9.78. The van der Waals surface area contributed by atoms with E-state index in [-0.39, 0.29) is 0 Å². The van der Waals surface area contributed by atoms with Gasteiger partial charge >= 0.3 is 0 Å². The van der Waals surface area contributed by atoms with Crippen molar-refractivity contribution < 1.29 is 0 Å². The van der Waals surface area contributed by atoms with Crippen LogP contribution >= 0.6 is 0 Å². The molecule has 0 bridgehead atoms. The summed E-state index contributed by atoms with van der Waals surface area (Å²) >= 11 is 0. The van der Waals surface area contributed by atoms with Crippen molar-refractivity contribution in [3.05, 3.63) is 42.0 Å². The Kier molecular flexibility index (Phi) is 3.91. The molecule has 2 aliphatic heterocycles. The van der Waals surface area contributed by atoms with Gasteiger partial charge < -0.3 is 5.32 Å². The number of aromatic nitrogens is 3. The first-order valence-corrected chi connectivity index (χ1v) is 8.63. The quantitative estimate of drug-likeness (QED) is 0.943. The fourth-order valence-electron chi connectivity index (χ4n) is 4.05. The van der Waals surface area contributed by atoms with Gasteiger partial charge in [0.1, 0.15) is 0 Å². The maximum Gasteiger partial charge on any atom is 0.0676 e. The predicted octanol–water partition coefficient (Wildman–Crippen LogP) is 2.15. The highest BCUT2D eigenvalue weighted by Gasteiger charge is 2.38. The third-order valence-corrected chi connectivity index (χ3v) is 5.50. The lowest BCUT2D eigenvalue weighted by molar-refractivity contribution is 0.194. The van der Waals surface area contributed by atoms with Crippen molar-refractivity contribution in [2.75, 3.05) is 26.2 Å². The third kappa shape index (κ3) is 3.03. The van der Waals surface area contributed by atoms with E-state index in [1.165, 1.54) is 51.0 Å². The van der Waals surface area contributed by atoms with Crippen LogP contribution in [0.1, 0.15) is 30.5 Å². The third-order valence-electron chi connectivity index (χ3n) is 5.50. The van der Waals surface area contributed by atoms with Crippen molar-refractivity contribution in [1.82, 2.24) is 25.0 Å². The molecule has 2 saturated heterocycles. The largest absolute Gasteiger partial charge is 0.317 e. The molecule has 2 aromatic rings. The highest BCUT2D eigenvalue weighted by Crippen LogP contribution is 2.39. The molecule has 2 aliphatic rings. The lowest BCUT2D eigenvalue weighted by Crippen LogP contribution is -2.38. The summed E-state index contributed by atoms with van der Waals surface area (Å²) in [5.41, 5.74) is 4.12. The van der Waals surface area contributed by atoms with Crippen molar-refractivity contribution in [3.8, 4) is 5.69 Å². The van der Waals surface area contributed by atoms with E-state index in [1.54, 1.807) is 0 Å². The molecule has 4 heterocycles. The van der Waals surface area contributed by atoms with Crippen LogP contribution in [-0.2, 0) is 6.54 Å². The van der Waals surface area contributed by atoms with Crippen molar-refractivity contribution in [3.63, 3.8) is 0 Å². The second kappa shape index (κ2) is 6.06. The monoisotopic (exact) mass is 311 g/mol. The summed E-state index contributed by atoms with van der Waals surface area (Å²) in [6.45, 7) is 7.98. The average molecular weight is 311 g/mol. The highest BCUT2D eigenvalue weighted by atomic mass is 15.3. The van der Waals surface area contributed by atoms with Crippen LogP contribution in [0, 0.1) is 12.3 Å². The number of nitrogens with zero attached hydrogens (tertiary/aromatic N) is 4. The first-order chi connectivity index (χ1) is 11.2. The van der Waals surface area contributed by atoms with E-state index in [2.05, 4.69) is 33.4 Å². The van der Waals surface area contributed by atoms with Gasteiger partial charge in [0, 0.05) is 37.2 Å². The minimum atomic E-state index is 0.570. The Morgan fingerprint density at radius 1 is 1.17 bits per heavy atom. The summed E-state index contributed by atoms with van der Waals surface area (Å²) in [4.78, 5) is 6.69. The molecule has 1 N–H and O–H groups in total. The number of rotatable bonds is 3. The number of nitrogens with one attached hydrogen (secondary N) is 1. The van der Waals surface area contributed by atoms with Gasteiger partial charge in [0.2, 0.25) is 0 Å². The van der Waals surface area contributed by atoms with E-state index in [0.29, 0.717) is 5.41 Å². The Balaban J connectivity index is 1.46. The minimum Gasteiger partial charge on any atom is -0.317 e. The van der Waals surface area contributed by atoms with Crippen LogP contribution in [0.3, 0.4) is 0 Å². The van der Waals surface area contributed by atoms with Crippen molar-refractivity contribution in [1.29, 1.82) is 0 Å². The van der Waals surface area contributed by atoms with Crippen LogP contribution in [0.25, 0.3) is 5.69 Å². The van der Waals surface area contributed by atoms with Crippen LogP contribution in [0.15, 0.2) is 30.7 Å². The van der Waals surface area contributed by atoms with Crippen molar-refractivity contribution in [2.24, 2.45) is 5.41 Å². The normalized spacial score (nSPS) is 21.1. The number of likely N-dealkylation sites (tertiary alicyclic amines) is 1. The van der Waals surface area contributed by atoms with Crippen LogP contribution in [0.4, 0.5) is 0 Å². The smallest absolute Gasteiger partial charge is 0.0676 e. The molecular weight excluding hydrogens is 286 g/mol. The van der Waals surface area contributed by atoms with E-state index in [4.69, 9.17) is 0 Å². The molecule has 2 aromatic heterocycles. The number of pyridine rings is 1. The maximum atomic E-state index is 4.68. The van der Waals surface area contributed by atoms with Crippen LogP contribution in [-0.4, -0.2) is 45.8 Å². The minimum absolute atomic E-state index is 0.570. The topological polar surface area (TPSA) is 46.0 Å². The second-order valence-electron chi connectivity index (χ2n) is 7.10. The van der Waals surface area contributed by atoms with E-state index in [1.807, 2.05) is 29.2 Å². The average Bonchev–Trinajstić information content (AvgIpc) is 3.14. The summed E-state index contributed by atoms with van der Waals surface area (Å²) in [5.74, 6) is 0. The van der Waals surface area contributed by atoms with Gasteiger partial charge in [0.05, 0.1) is 11.4 Å². The van der Waals surface area contributed by atoms with Gasteiger partial charge in [-0.2, -0.15) is 5.10 Å². The van der Waals surface area contributed by atoms with Gasteiger partial charge in [0.15, 0.2) is 0 Å². The Bertz CT molecular complexity index is 657. The molecule has 2 fully saturated rings. The molecule has 23 heavy (non-hydrogen) atoms. The zero-order valence-corrected chi connectivity index (χ0v) is 13.8. The zero-order valence-electron chi connectivity index (χ0n) is 13.8. The summed E-state index contributed by atoms with van der Waals surface area (Å²) in [6.07, 6.45) is 9.82. The zero-order chi connectivity index (χ0) is 15.7. The molecule has 0 amide bonds. The molecule has 0 aromatic carbocycles. The number of hydrogen-bond donors (Lipinski definition) is 1. The lowest BCUT2D eigenvalue weighted by Gasteiger charge is -2.33. The summed E-state index contributed by atoms with van der Waals surface area (Å²) < 4.78 is 1.97. The van der Waals surface area contributed by atoms with Crippen LogP contribution in [0.2, 0.25) is 0 Å². The van der Waals surface area contributed by atoms with Gasteiger partial charge in [-0.3, -0.25) is 9.88 Å². The van der Waals surface area contributed by atoms with Crippen LogP contribution in [0.5, 0.6) is 0 Å². The van der Waals surface area contributed by atoms with E-state index < -0.39 is 0 Å². The molecule has 4 rings (SSSR count). The van der Waals surface area contributed by atoms with Crippen molar-refractivity contribution in [2.45, 2.75) is 32.7 Å². The summed E-state index contributed by atoms with van der Waals surface area (Å²) in [6, 6.07) is 3.99. The first kappa shape index (κ1) is 14.8. The van der Waals surface area contributed by atoms with Gasteiger partial charge in [-0.25, -0.2) is 4.68 Å². The summed E-state index contributed by atoms with van der Waals surface area (Å²) in [5, 5.41) is 8.17. The van der Waals surface area contributed by atoms with E-state index >= 15 is 0 Å². The Morgan fingerprint density at radius 3 is 2.74 bits per heavy atom. The molecule has 0 unspecified atom stereocenters. The van der Waals surface area contributed by atoms with E-state index in [0.717, 1.165) is 17.9 Å². The number of hydrogen-bond acceptors (Lipinski definition) is 4. The standard InChI is InChI=1S/C18H25N5/c1-15-16(13-23(21-15)17-2-7-19-8-3-17)12-22-11-6-18(14-22)4-9-20-10-5-18/h2-3,7-8,13,20H,4-6,9-12,14H2,1H3. The van der Waals surface area contributed by atoms with Gasteiger partial charge in [-0.15, -0.1) is 0 Å². The fourth-order valence-corrected chi connectivity index (χ4v) is 4.05. The fraction of sp³-hybridized carbons (Fsp3) is 0.556. The van der Waals surface area contributed by atoms with E-state index in [9.17, 15) is 0 Å². The Hall–Kier alpha value is -1.72. The van der Waals surface area contributed by atoms with Gasteiger partial charge in [-0.1, -0.05) is 0 Å².